The average Bonchev–Trinajstić information content (AvgIpc) is 3.34. The number of oxazole rings is 1. The van der Waals surface area contributed by atoms with Crippen LogP contribution in [0.15, 0.2) is 47.1 Å². The van der Waals surface area contributed by atoms with Crippen LogP contribution < -0.4 is 0 Å². The van der Waals surface area contributed by atoms with Crippen molar-refractivity contribution in [3.8, 4) is 0 Å². The van der Waals surface area contributed by atoms with E-state index in [0.717, 1.165) is 42.2 Å². The molecule has 0 N–H and O–H groups in total. The molecule has 3 aromatic rings. The van der Waals surface area contributed by atoms with Crippen molar-refractivity contribution in [2.75, 3.05) is 6.54 Å². The Hall–Kier alpha value is -2.89. The highest BCUT2D eigenvalue weighted by Gasteiger charge is 2.26. The lowest BCUT2D eigenvalue weighted by molar-refractivity contribution is 0.0727. The molecule has 1 amide bonds. The summed E-state index contributed by atoms with van der Waals surface area (Å²) in [5, 5.41) is 4.23. The van der Waals surface area contributed by atoms with Crippen LogP contribution in [-0.2, 0) is 25.9 Å². The molecule has 6 heteroatoms. The number of carbonyl (C=O) groups excluding carboxylic acids is 1. The Kier molecular flexibility index (Phi) is 5.28. The lowest BCUT2D eigenvalue weighted by atomic mass is 10.1. The number of carbonyl (C=O) groups is 1. The topological polar surface area (TPSA) is 64.2 Å². The number of nitrogens with zero attached hydrogens (tertiary/aromatic N) is 4. The zero-order chi connectivity index (χ0) is 19.5. The molecule has 4 rings (SSSR count). The second-order valence-corrected chi connectivity index (χ2v) is 7.79. The fourth-order valence-corrected chi connectivity index (χ4v) is 3.51. The third-order valence-corrected chi connectivity index (χ3v) is 5.07. The van der Waals surface area contributed by atoms with E-state index in [1.807, 2.05) is 46.1 Å². The molecular formula is C22H26N4O2. The van der Waals surface area contributed by atoms with Crippen LogP contribution in [0, 0.1) is 5.92 Å². The van der Waals surface area contributed by atoms with Crippen LogP contribution in [0.1, 0.15) is 53.5 Å². The number of rotatable bonds is 6. The Morgan fingerprint density at radius 2 is 2.18 bits per heavy atom. The first-order chi connectivity index (χ1) is 13.6. The summed E-state index contributed by atoms with van der Waals surface area (Å²) in [6, 6.07) is 9.68. The molecule has 2 aromatic heterocycles. The number of hydrogen-bond donors (Lipinski definition) is 0. The summed E-state index contributed by atoms with van der Waals surface area (Å²) in [7, 11) is 0. The van der Waals surface area contributed by atoms with E-state index < -0.39 is 0 Å². The quantitative estimate of drug-likeness (QED) is 0.656. The van der Waals surface area contributed by atoms with Crippen LogP contribution in [0.25, 0.3) is 0 Å². The largest absolute Gasteiger partial charge is 0.445 e. The Morgan fingerprint density at radius 3 is 2.96 bits per heavy atom. The van der Waals surface area contributed by atoms with Gasteiger partial charge in [0.2, 0.25) is 0 Å². The van der Waals surface area contributed by atoms with Crippen LogP contribution in [-0.4, -0.2) is 32.1 Å². The van der Waals surface area contributed by atoms with Gasteiger partial charge in [0.15, 0.2) is 5.89 Å². The normalized spacial score (nSPS) is 13.8. The molecule has 0 fully saturated rings. The molecule has 0 saturated carbocycles. The minimum atomic E-state index is 0.0414. The fraction of sp³-hybridized carbons (Fsp3) is 0.409. The number of aryl methyl sites for hydroxylation is 1. The second kappa shape index (κ2) is 8.00. The lowest BCUT2D eigenvalue weighted by Gasteiger charge is -2.25. The van der Waals surface area contributed by atoms with Gasteiger partial charge in [0, 0.05) is 37.3 Å². The van der Waals surface area contributed by atoms with Gasteiger partial charge < -0.3 is 9.32 Å². The highest BCUT2D eigenvalue weighted by Crippen LogP contribution is 2.23. The molecule has 0 atom stereocenters. The van der Waals surface area contributed by atoms with Crippen molar-refractivity contribution >= 4 is 5.91 Å². The lowest BCUT2D eigenvalue weighted by Crippen LogP contribution is -2.35. The maximum atomic E-state index is 13.0. The molecule has 0 radical (unpaired) electrons. The van der Waals surface area contributed by atoms with Gasteiger partial charge >= 0.3 is 0 Å². The molecule has 146 valence electrons. The SMILES string of the molecule is CC(C)CCc1nc2c(o1)CCN(C(=O)c1cccc(Cn3cccn3)c1)C2. The Balaban J connectivity index is 1.44. The fourth-order valence-electron chi connectivity index (χ4n) is 3.51. The standard InChI is InChI=1S/C22H26N4O2/c1-16(2)7-8-21-24-19-15-25(12-9-20(19)28-21)22(27)18-6-3-5-17(13-18)14-26-11-4-10-23-26/h3-6,10-11,13,16H,7-9,12,14-15H2,1-2H3. The summed E-state index contributed by atoms with van der Waals surface area (Å²) in [4.78, 5) is 19.5. The first-order valence-corrected chi connectivity index (χ1v) is 9.91. The zero-order valence-electron chi connectivity index (χ0n) is 16.5. The highest BCUT2D eigenvalue weighted by molar-refractivity contribution is 5.94. The number of hydrogen-bond acceptors (Lipinski definition) is 4. The third kappa shape index (κ3) is 4.16. The minimum Gasteiger partial charge on any atom is -0.445 e. The Bertz CT molecular complexity index is 943. The average molecular weight is 378 g/mol. The third-order valence-electron chi connectivity index (χ3n) is 5.07. The van der Waals surface area contributed by atoms with E-state index >= 15 is 0 Å². The van der Waals surface area contributed by atoms with Gasteiger partial charge in [-0.05, 0) is 36.1 Å². The molecule has 0 bridgehead atoms. The van der Waals surface area contributed by atoms with E-state index in [1.54, 1.807) is 6.20 Å². The maximum absolute atomic E-state index is 13.0. The van der Waals surface area contributed by atoms with Crippen molar-refractivity contribution in [2.45, 2.75) is 46.2 Å². The molecule has 1 aliphatic heterocycles. The van der Waals surface area contributed by atoms with Crippen molar-refractivity contribution in [3.63, 3.8) is 0 Å². The Labute approximate surface area is 165 Å². The molecule has 1 aliphatic rings. The smallest absolute Gasteiger partial charge is 0.254 e. The number of benzene rings is 1. The van der Waals surface area contributed by atoms with E-state index in [0.29, 0.717) is 31.1 Å². The molecule has 0 spiro atoms. The van der Waals surface area contributed by atoms with Gasteiger partial charge in [-0.3, -0.25) is 9.48 Å². The summed E-state index contributed by atoms with van der Waals surface area (Å²) in [5.74, 6) is 2.40. The van der Waals surface area contributed by atoms with E-state index in [2.05, 4.69) is 23.9 Å². The Morgan fingerprint density at radius 1 is 1.29 bits per heavy atom. The summed E-state index contributed by atoms with van der Waals surface area (Å²) in [5.41, 5.74) is 2.67. The number of fused-ring (bicyclic) bond motifs is 1. The molecule has 1 aromatic carbocycles. The number of amides is 1. The summed E-state index contributed by atoms with van der Waals surface area (Å²) in [6.07, 6.45) is 6.32. The van der Waals surface area contributed by atoms with E-state index in [1.165, 1.54) is 0 Å². The van der Waals surface area contributed by atoms with Gasteiger partial charge in [0.25, 0.3) is 5.91 Å². The van der Waals surface area contributed by atoms with Crippen LogP contribution in [0.4, 0.5) is 0 Å². The van der Waals surface area contributed by atoms with Crippen LogP contribution in [0.2, 0.25) is 0 Å². The van der Waals surface area contributed by atoms with Crippen molar-refractivity contribution in [1.29, 1.82) is 0 Å². The van der Waals surface area contributed by atoms with E-state index in [-0.39, 0.29) is 5.91 Å². The zero-order valence-corrected chi connectivity index (χ0v) is 16.5. The first kappa shape index (κ1) is 18.5. The van der Waals surface area contributed by atoms with Crippen molar-refractivity contribution in [2.24, 2.45) is 5.92 Å². The molecular weight excluding hydrogens is 352 g/mol. The van der Waals surface area contributed by atoms with Gasteiger partial charge in [0.05, 0.1) is 13.1 Å². The van der Waals surface area contributed by atoms with Crippen LogP contribution in [0.3, 0.4) is 0 Å². The molecule has 0 aliphatic carbocycles. The molecule has 6 nitrogen and oxygen atoms in total. The monoisotopic (exact) mass is 378 g/mol. The predicted octanol–water partition coefficient (Wildman–Crippen LogP) is 3.71. The summed E-state index contributed by atoms with van der Waals surface area (Å²) >= 11 is 0. The number of aromatic nitrogens is 3. The van der Waals surface area contributed by atoms with Gasteiger partial charge in [0.1, 0.15) is 11.5 Å². The minimum absolute atomic E-state index is 0.0414. The second-order valence-electron chi connectivity index (χ2n) is 7.79. The predicted molar refractivity (Wildman–Crippen MR) is 106 cm³/mol. The molecule has 28 heavy (non-hydrogen) atoms. The maximum Gasteiger partial charge on any atom is 0.254 e. The van der Waals surface area contributed by atoms with E-state index in [9.17, 15) is 4.79 Å². The summed E-state index contributed by atoms with van der Waals surface area (Å²) in [6.45, 7) is 6.23. The molecule has 0 saturated heterocycles. The highest BCUT2D eigenvalue weighted by atomic mass is 16.4. The van der Waals surface area contributed by atoms with Gasteiger partial charge in [-0.2, -0.15) is 5.10 Å². The van der Waals surface area contributed by atoms with Crippen molar-refractivity contribution < 1.29 is 9.21 Å². The van der Waals surface area contributed by atoms with Crippen LogP contribution >= 0.6 is 0 Å². The first-order valence-electron chi connectivity index (χ1n) is 9.91. The van der Waals surface area contributed by atoms with Gasteiger partial charge in [-0.15, -0.1) is 0 Å². The van der Waals surface area contributed by atoms with Crippen LogP contribution in [0.5, 0.6) is 0 Å². The molecule has 3 heterocycles. The van der Waals surface area contributed by atoms with Gasteiger partial charge in [-0.25, -0.2) is 4.98 Å². The summed E-state index contributed by atoms with van der Waals surface area (Å²) < 4.78 is 7.76. The van der Waals surface area contributed by atoms with Gasteiger partial charge in [-0.1, -0.05) is 26.0 Å². The molecule has 0 unspecified atom stereocenters. The van der Waals surface area contributed by atoms with Crippen molar-refractivity contribution in [1.82, 2.24) is 19.7 Å². The van der Waals surface area contributed by atoms with Crippen molar-refractivity contribution in [3.05, 3.63) is 71.2 Å². The van der Waals surface area contributed by atoms with E-state index in [4.69, 9.17) is 4.42 Å².